The van der Waals surface area contributed by atoms with E-state index in [-0.39, 0.29) is 17.6 Å². The topological polar surface area (TPSA) is 131 Å². The number of carboxylic acid groups (broad SMARTS) is 1. The third-order valence-corrected chi connectivity index (χ3v) is 8.34. The second kappa shape index (κ2) is 9.20. The van der Waals surface area contributed by atoms with Crippen molar-refractivity contribution in [2.75, 3.05) is 12.1 Å². The van der Waals surface area contributed by atoms with Crippen molar-refractivity contribution in [3.63, 3.8) is 0 Å². The van der Waals surface area contributed by atoms with E-state index in [1.165, 1.54) is 19.1 Å². The Kier molecular flexibility index (Phi) is 6.17. The molecule has 0 aromatic heterocycles. The second-order valence-electron chi connectivity index (χ2n) is 9.34. The maximum Gasteiger partial charge on any atom is 0.321 e. The summed E-state index contributed by atoms with van der Waals surface area (Å²) in [5, 5.41) is 12.0. The van der Waals surface area contributed by atoms with Crippen LogP contribution in [0.3, 0.4) is 0 Å². The molecule has 0 unspecified atom stereocenters. The van der Waals surface area contributed by atoms with Gasteiger partial charge in [0.25, 0.3) is 0 Å². The molecule has 3 aromatic rings. The van der Waals surface area contributed by atoms with Crippen LogP contribution >= 0.6 is 0 Å². The summed E-state index contributed by atoms with van der Waals surface area (Å²) in [6, 6.07) is 16.1. The Bertz CT molecular complexity index is 1500. The average Bonchev–Trinajstić information content (AvgIpc) is 3.55. The number of nitrogens with one attached hydrogen (secondary N) is 2. The predicted octanol–water partition coefficient (Wildman–Crippen LogP) is 3.81. The molecular formula is C27H26N2O7S. The molecule has 1 fully saturated rings. The number of hydrogen-bond donors (Lipinski definition) is 3. The lowest BCUT2D eigenvalue weighted by Crippen LogP contribution is -2.38. The fourth-order valence-corrected chi connectivity index (χ4v) is 5.59. The molecular weight excluding hydrogens is 496 g/mol. The first-order chi connectivity index (χ1) is 17.6. The van der Waals surface area contributed by atoms with Crippen molar-refractivity contribution in [1.82, 2.24) is 4.72 Å². The Balaban J connectivity index is 1.35. The zero-order valence-electron chi connectivity index (χ0n) is 20.3. The van der Waals surface area contributed by atoms with E-state index in [2.05, 4.69) is 10.0 Å². The number of amides is 1. The van der Waals surface area contributed by atoms with Gasteiger partial charge in [0.2, 0.25) is 22.7 Å². The minimum Gasteiger partial charge on any atom is -0.480 e. The van der Waals surface area contributed by atoms with Gasteiger partial charge in [0.15, 0.2) is 11.5 Å². The minimum absolute atomic E-state index is 0.0362. The number of sulfonamides is 1. The van der Waals surface area contributed by atoms with E-state index in [9.17, 15) is 18.0 Å². The van der Waals surface area contributed by atoms with E-state index in [0.29, 0.717) is 17.2 Å². The third kappa shape index (κ3) is 4.77. The first-order valence-corrected chi connectivity index (χ1v) is 13.3. The Labute approximate surface area is 214 Å². The predicted molar refractivity (Wildman–Crippen MR) is 136 cm³/mol. The van der Waals surface area contributed by atoms with Crippen molar-refractivity contribution in [2.24, 2.45) is 0 Å². The summed E-state index contributed by atoms with van der Waals surface area (Å²) in [5.41, 5.74) is 3.46. The van der Waals surface area contributed by atoms with Gasteiger partial charge in [0.1, 0.15) is 6.04 Å². The van der Waals surface area contributed by atoms with Gasteiger partial charge in [-0.25, -0.2) is 8.42 Å². The number of carbonyl (C=O) groups excluding carboxylic acids is 1. The molecule has 0 radical (unpaired) electrons. The Morgan fingerprint density at radius 3 is 2.35 bits per heavy atom. The summed E-state index contributed by atoms with van der Waals surface area (Å²) in [5.74, 6) is -0.0381. The number of carbonyl (C=O) groups is 2. The lowest BCUT2D eigenvalue weighted by molar-refractivity contribution is -0.138. The monoisotopic (exact) mass is 522 g/mol. The van der Waals surface area contributed by atoms with Crippen molar-refractivity contribution < 1.29 is 32.6 Å². The summed E-state index contributed by atoms with van der Waals surface area (Å²) in [6.07, 6.45) is 1.48. The van der Waals surface area contributed by atoms with E-state index in [1.807, 2.05) is 43.3 Å². The molecule has 10 heteroatoms. The number of benzene rings is 3. The smallest absolute Gasteiger partial charge is 0.321 e. The Hall–Kier alpha value is -3.89. The minimum atomic E-state index is -3.98. The lowest BCUT2D eigenvalue weighted by atomic mass is 9.94. The molecule has 0 saturated heterocycles. The number of carboxylic acids is 1. The normalized spacial score (nSPS) is 16.2. The van der Waals surface area contributed by atoms with E-state index >= 15 is 0 Å². The number of anilines is 1. The van der Waals surface area contributed by atoms with Gasteiger partial charge in [0, 0.05) is 5.69 Å². The highest BCUT2D eigenvalue weighted by Gasteiger charge is 2.51. The molecule has 1 amide bonds. The molecule has 1 aliphatic heterocycles. The van der Waals surface area contributed by atoms with Crippen LogP contribution < -0.4 is 19.5 Å². The molecule has 5 rings (SSSR count). The maximum atomic E-state index is 13.3. The summed E-state index contributed by atoms with van der Waals surface area (Å²) in [6.45, 7) is 3.36. The van der Waals surface area contributed by atoms with Gasteiger partial charge in [0.05, 0.1) is 10.3 Å². The molecule has 3 aromatic carbocycles. The number of hydrogen-bond acceptors (Lipinski definition) is 6. The highest BCUT2D eigenvalue weighted by molar-refractivity contribution is 7.89. The molecule has 1 aliphatic carbocycles. The maximum absolute atomic E-state index is 13.3. The van der Waals surface area contributed by atoms with Crippen LogP contribution in [0, 0.1) is 6.92 Å². The van der Waals surface area contributed by atoms with Crippen LogP contribution in [0.15, 0.2) is 65.6 Å². The average molecular weight is 523 g/mol. The Morgan fingerprint density at radius 2 is 1.68 bits per heavy atom. The van der Waals surface area contributed by atoms with E-state index < -0.39 is 27.4 Å². The van der Waals surface area contributed by atoms with Gasteiger partial charge in [-0.05, 0) is 85.3 Å². The highest BCUT2D eigenvalue weighted by Crippen LogP contribution is 2.51. The summed E-state index contributed by atoms with van der Waals surface area (Å²) in [7, 11) is -3.98. The summed E-state index contributed by atoms with van der Waals surface area (Å²) in [4.78, 5) is 24.3. The van der Waals surface area contributed by atoms with Crippen LogP contribution in [-0.2, 0) is 25.0 Å². The van der Waals surface area contributed by atoms with Gasteiger partial charge in [-0.1, -0.05) is 24.3 Å². The lowest BCUT2D eigenvalue weighted by Gasteiger charge is -2.17. The first kappa shape index (κ1) is 24.8. The summed E-state index contributed by atoms with van der Waals surface area (Å²) >= 11 is 0. The van der Waals surface area contributed by atoms with Gasteiger partial charge < -0.3 is 19.9 Å². The van der Waals surface area contributed by atoms with Crippen molar-refractivity contribution in [3.8, 4) is 22.6 Å². The molecule has 2 aliphatic rings. The molecule has 1 atom stereocenters. The number of aryl methyl sites for hydroxylation is 1. The van der Waals surface area contributed by atoms with Crippen molar-refractivity contribution in [1.29, 1.82) is 0 Å². The SMILES string of the molecule is Cc1ccc(NC(=O)C2(c3ccc4c(c3)OCO4)CC2)cc1-c1ccc(S(=O)(=O)N[C@@H](C)C(=O)O)cc1. The number of aliphatic carboxylic acids is 1. The van der Waals surface area contributed by atoms with Gasteiger partial charge in [-0.2, -0.15) is 4.72 Å². The van der Waals surface area contributed by atoms with Crippen LogP contribution in [0.1, 0.15) is 30.9 Å². The fourth-order valence-electron chi connectivity index (χ4n) is 4.39. The van der Waals surface area contributed by atoms with Gasteiger partial charge in [-0.3, -0.25) is 9.59 Å². The van der Waals surface area contributed by atoms with Crippen LogP contribution in [-0.4, -0.2) is 38.2 Å². The first-order valence-electron chi connectivity index (χ1n) is 11.8. The third-order valence-electron chi connectivity index (χ3n) is 6.78. The van der Waals surface area contributed by atoms with Gasteiger partial charge >= 0.3 is 5.97 Å². The molecule has 37 heavy (non-hydrogen) atoms. The van der Waals surface area contributed by atoms with E-state index in [0.717, 1.165) is 35.1 Å². The van der Waals surface area contributed by atoms with Crippen molar-refractivity contribution >= 4 is 27.6 Å². The van der Waals surface area contributed by atoms with Crippen LogP contribution in [0.5, 0.6) is 11.5 Å². The highest BCUT2D eigenvalue weighted by atomic mass is 32.2. The van der Waals surface area contributed by atoms with Crippen LogP contribution in [0.25, 0.3) is 11.1 Å². The molecule has 1 saturated carbocycles. The molecule has 0 spiro atoms. The van der Waals surface area contributed by atoms with E-state index in [4.69, 9.17) is 14.6 Å². The van der Waals surface area contributed by atoms with Crippen LogP contribution in [0.4, 0.5) is 5.69 Å². The molecule has 0 bridgehead atoms. The number of fused-ring (bicyclic) bond motifs is 1. The number of rotatable bonds is 8. The molecule has 9 nitrogen and oxygen atoms in total. The molecule has 1 heterocycles. The molecule has 3 N–H and O–H groups in total. The Morgan fingerprint density at radius 1 is 0.973 bits per heavy atom. The van der Waals surface area contributed by atoms with Crippen molar-refractivity contribution in [3.05, 3.63) is 71.8 Å². The number of ether oxygens (including phenoxy) is 2. The largest absolute Gasteiger partial charge is 0.480 e. The van der Waals surface area contributed by atoms with Gasteiger partial charge in [-0.15, -0.1) is 0 Å². The second-order valence-corrected chi connectivity index (χ2v) is 11.1. The fraction of sp³-hybridized carbons (Fsp3) is 0.259. The van der Waals surface area contributed by atoms with Crippen LogP contribution in [0.2, 0.25) is 0 Å². The standard InChI is InChI=1S/C27H26N2O7S/c1-16-3-7-20(28-26(32)27(11-12-27)19-6-10-23-24(13-19)36-15-35-23)14-22(16)18-4-8-21(9-5-18)37(33,34)29-17(2)25(30)31/h3-10,13-14,17,29H,11-12,15H2,1-2H3,(H,28,32)(H,30,31)/t17-/m0/s1. The van der Waals surface area contributed by atoms with Crippen molar-refractivity contribution in [2.45, 2.75) is 43.0 Å². The molecule has 192 valence electrons. The van der Waals surface area contributed by atoms with E-state index in [1.54, 1.807) is 12.1 Å². The summed E-state index contributed by atoms with van der Waals surface area (Å²) < 4.78 is 37.9. The zero-order valence-corrected chi connectivity index (χ0v) is 21.1. The quantitative estimate of drug-likeness (QED) is 0.410. The zero-order chi connectivity index (χ0) is 26.4.